The highest BCUT2D eigenvalue weighted by Gasteiger charge is 2.37. The van der Waals surface area contributed by atoms with Crippen molar-refractivity contribution < 1.29 is 22.4 Å². The zero-order valence-electron chi connectivity index (χ0n) is 14.0. The van der Waals surface area contributed by atoms with Crippen molar-refractivity contribution in [2.45, 2.75) is 19.3 Å². The van der Waals surface area contributed by atoms with Gasteiger partial charge < -0.3 is 9.73 Å². The van der Waals surface area contributed by atoms with Gasteiger partial charge in [0, 0.05) is 13.6 Å². The molecule has 0 saturated heterocycles. The van der Waals surface area contributed by atoms with Crippen LogP contribution in [0, 0.1) is 0 Å². The van der Waals surface area contributed by atoms with Gasteiger partial charge in [-0.05, 0) is 12.1 Å². The molecule has 9 nitrogen and oxygen atoms in total. The molecule has 144 valence electrons. The maximum Gasteiger partial charge on any atom is 0.451 e. The van der Waals surface area contributed by atoms with Gasteiger partial charge in [0.2, 0.25) is 11.7 Å². The molecule has 0 aliphatic carbocycles. The number of rotatable bonds is 5. The Morgan fingerprint density at radius 3 is 2.63 bits per heavy atom. The Hall–Kier alpha value is -3.31. The molecule has 1 N–H and O–H groups in total. The number of hydrogen-bond donors (Lipinski definition) is 1. The normalized spacial score (nSPS) is 11.9. The van der Waals surface area contributed by atoms with Crippen molar-refractivity contribution >= 4 is 17.0 Å². The number of nitrogens with one attached hydrogen (secondary N) is 1. The van der Waals surface area contributed by atoms with Crippen LogP contribution >= 0.6 is 0 Å². The van der Waals surface area contributed by atoms with Crippen molar-refractivity contribution in [3.8, 4) is 0 Å². The predicted molar refractivity (Wildman–Crippen MR) is 86.0 cm³/mol. The lowest BCUT2D eigenvalue weighted by Gasteiger charge is -2.05. The number of oxazole rings is 1. The molecule has 0 fully saturated rings. The van der Waals surface area contributed by atoms with E-state index in [4.69, 9.17) is 4.42 Å². The summed E-state index contributed by atoms with van der Waals surface area (Å²) in [6.45, 7) is -0.728. The van der Waals surface area contributed by atoms with Gasteiger partial charge >= 0.3 is 17.6 Å². The average Bonchev–Trinajstić information content (AvgIpc) is 3.06. The Bertz CT molecular complexity index is 1110. The second-order valence-electron chi connectivity index (χ2n) is 5.66. The maximum absolute atomic E-state index is 12.7. The first-order valence-electron chi connectivity index (χ1n) is 7.74. The fourth-order valence-corrected chi connectivity index (χ4v) is 2.54. The van der Waals surface area contributed by atoms with Crippen LogP contribution in [0.3, 0.4) is 0 Å². The number of amides is 1. The summed E-state index contributed by atoms with van der Waals surface area (Å²) in [5.74, 6) is -2.60. The average molecular weight is 385 g/mol. The number of benzene rings is 1. The van der Waals surface area contributed by atoms with E-state index < -0.39 is 29.4 Å². The standard InChI is InChI=1S/C15H14F3N5O4/c1-21-12(15(16,17)18)20-23(13(21)25)7-6-19-11(24)8-22-9-4-2-3-5-10(9)27-14(22)26/h2-5H,6-8H2,1H3,(H,19,24). The first-order chi connectivity index (χ1) is 12.7. The second-order valence-corrected chi connectivity index (χ2v) is 5.66. The van der Waals surface area contributed by atoms with Crippen LogP contribution in [0.5, 0.6) is 0 Å². The first kappa shape index (κ1) is 18.5. The van der Waals surface area contributed by atoms with E-state index in [0.29, 0.717) is 20.3 Å². The molecule has 0 spiro atoms. The number of aromatic nitrogens is 4. The molecular formula is C15H14F3N5O4. The third kappa shape index (κ3) is 3.64. The molecule has 1 aromatic carbocycles. The Kier molecular flexibility index (Phi) is 4.64. The summed E-state index contributed by atoms with van der Waals surface area (Å²) in [4.78, 5) is 35.6. The lowest BCUT2D eigenvalue weighted by molar-refractivity contribution is -0.147. The van der Waals surface area contributed by atoms with Gasteiger partial charge in [0.25, 0.3) is 0 Å². The summed E-state index contributed by atoms with van der Waals surface area (Å²) in [6.07, 6.45) is -4.76. The largest absolute Gasteiger partial charge is 0.451 e. The third-order valence-electron chi connectivity index (χ3n) is 3.82. The molecule has 2 heterocycles. The summed E-state index contributed by atoms with van der Waals surface area (Å²) in [5, 5.41) is 5.65. The van der Waals surface area contributed by atoms with E-state index in [2.05, 4.69) is 10.4 Å². The predicted octanol–water partition coefficient (Wildman–Crippen LogP) is 0.325. The maximum atomic E-state index is 12.7. The van der Waals surface area contributed by atoms with Gasteiger partial charge in [-0.3, -0.25) is 13.9 Å². The zero-order valence-corrected chi connectivity index (χ0v) is 14.0. The summed E-state index contributed by atoms with van der Waals surface area (Å²) >= 11 is 0. The quantitative estimate of drug-likeness (QED) is 0.682. The minimum Gasteiger partial charge on any atom is -0.408 e. The van der Waals surface area contributed by atoms with E-state index in [1.54, 1.807) is 24.3 Å². The number of fused-ring (bicyclic) bond motifs is 1. The number of carbonyl (C=O) groups is 1. The lowest BCUT2D eigenvalue weighted by Crippen LogP contribution is -2.35. The zero-order chi connectivity index (χ0) is 19.8. The van der Waals surface area contributed by atoms with E-state index >= 15 is 0 Å². The molecule has 1 amide bonds. The van der Waals surface area contributed by atoms with E-state index in [1.165, 1.54) is 0 Å². The van der Waals surface area contributed by atoms with Crippen molar-refractivity contribution in [2.75, 3.05) is 6.54 Å². The van der Waals surface area contributed by atoms with Gasteiger partial charge in [-0.2, -0.15) is 13.2 Å². The molecule has 0 bridgehead atoms. The molecule has 3 aromatic rings. The van der Waals surface area contributed by atoms with Crippen molar-refractivity contribution in [1.82, 2.24) is 24.2 Å². The molecule has 0 aliphatic rings. The van der Waals surface area contributed by atoms with Crippen molar-refractivity contribution in [2.24, 2.45) is 7.05 Å². The molecule has 2 aromatic heterocycles. The topological polar surface area (TPSA) is 104 Å². The van der Waals surface area contributed by atoms with Crippen LogP contribution < -0.4 is 16.8 Å². The number of nitrogens with zero attached hydrogens (tertiary/aromatic N) is 4. The van der Waals surface area contributed by atoms with Gasteiger partial charge in [0.1, 0.15) is 6.54 Å². The first-order valence-corrected chi connectivity index (χ1v) is 7.74. The minimum absolute atomic E-state index is 0.141. The number of halogens is 3. The number of alkyl halides is 3. The van der Waals surface area contributed by atoms with Crippen LogP contribution in [-0.2, 0) is 31.1 Å². The molecule has 27 heavy (non-hydrogen) atoms. The summed E-state index contributed by atoms with van der Waals surface area (Å²) < 4.78 is 45.3. The number of hydrogen-bond acceptors (Lipinski definition) is 5. The van der Waals surface area contributed by atoms with E-state index in [-0.39, 0.29) is 19.6 Å². The van der Waals surface area contributed by atoms with E-state index in [1.807, 2.05) is 0 Å². The van der Waals surface area contributed by atoms with Crippen LogP contribution in [0.2, 0.25) is 0 Å². The highest BCUT2D eigenvalue weighted by Crippen LogP contribution is 2.25. The Morgan fingerprint density at radius 2 is 1.96 bits per heavy atom. The van der Waals surface area contributed by atoms with Crippen LogP contribution in [-0.4, -0.2) is 31.4 Å². The number of para-hydroxylation sites is 2. The SMILES string of the molecule is Cn1c(C(F)(F)F)nn(CCNC(=O)Cn2c(=O)oc3ccccc32)c1=O. The van der Waals surface area contributed by atoms with E-state index in [0.717, 1.165) is 11.6 Å². The third-order valence-corrected chi connectivity index (χ3v) is 3.82. The second kappa shape index (κ2) is 6.78. The van der Waals surface area contributed by atoms with Crippen LogP contribution in [0.4, 0.5) is 13.2 Å². The highest BCUT2D eigenvalue weighted by molar-refractivity contribution is 5.79. The van der Waals surface area contributed by atoms with Crippen LogP contribution in [0.1, 0.15) is 5.82 Å². The molecule has 0 atom stereocenters. The molecule has 3 rings (SSSR count). The van der Waals surface area contributed by atoms with E-state index in [9.17, 15) is 27.6 Å². The number of carbonyl (C=O) groups excluding carboxylic acids is 1. The van der Waals surface area contributed by atoms with Gasteiger partial charge in [-0.25, -0.2) is 14.3 Å². The Labute approximate surface area is 148 Å². The van der Waals surface area contributed by atoms with Crippen molar-refractivity contribution in [3.63, 3.8) is 0 Å². The molecule has 12 heteroatoms. The fraction of sp³-hybridized carbons (Fsp3) is 0.333. The molecule has 0 radical (unpaired) electrons. The molecular weight excluding hydrogens is 371 g/mol. The van der Waals surface area contributed by atoms with Gasteiger partial charge in [0.15, 0.2) is 5.58 Å². The van der Waals surface area contributed by atoms with Crippen LogP contribution in [0.25, 0.3) is 11.1 Å². The van der Waals surface area contributed by atoms with Crippen molar-refractivity contribution in [1.29, 1.82) is 0 Å². The van der Waals surface area contributed by atoms with Gasteiger partial charge in [-0.15, -0.1) is 5.10 Å². The summed E-state index contributed by atoms with van der Waals surface area (Å²) in [7, 11) is 0.962. The van der Waals surface area contributed by atoms with Gasteiger partial charge in [0.05, 0.1) is 12.1 Å². The summed E-state index contributed by atoms with van der Waals surface area (Å²) in [6, 6.07) is 6.55. The van der Waals surface area contributed by atoms with Crippen LogP contribution in [0.15, 0.2) is 38.3 Å². The molecule has 0 unspecified atom stereocenters. The lowest BCUT2D eigenvalue weighted by atomic mass is 10.3. The molecule has 0 saturated carbocycles. The summed E-state index contributed by atoms with van der Waals surface area (Å²) in [5.41, 5.74) is -0.183. The Morgan fingerprint density at radius 1 is 1.26 bits per heavy atom. The molecule has 0 aliphatic heterocycles. The minimum atomic E-state index is -4.76. The Balaban J connectivity index is 1.64. The van der Waals surface area contributed by atoms with Crippen molar-refractivity contribution in [3.05, 3.63) is 51.1 Å². The highest BCUT2D eigenvalue weighted by atomic mass is 19.4. The smallest absolute Gasteiger partial charge is 0.408 e. The van der Waals surface area contributed by atoms with Gasteiger partial charge in [-0.1, -0.05) is 12.1 Å². The monoisotopic (exact) mass is 385 g/mol. The fourth-order valence-electron chi connectivity index (χ4n) is 2.54.